The zero-order valence-corrected chi connectivity index (χ0v) is 11.5. The molecular formula is C14H21N3O2. The van der Waals surface area contributed by atoms with E-state index in [1.807, 2.05) is 7.05 Å². The molecule has 104 valence electrons. The summed E-state index contributed by atoms with van der Waals surface area (Å²) in [7, 11) is 4.14. The molecule has 0 saturated carbocycles. The normalized spacial score (nSPS) is 19.6. The van der Waals surface area contributed by atoms with Crippen molar-refractivity contribution in [2.45, 2.75) is 6.42 Å². The van der Waals surface area contributed by atoms with Crippen LogP contribution in [-0.4, -0.2) is 49.7 Å². The summed E-state index contributed by atoms with van der Waals surface area (Å²) < 4.78 is 0. The van der Waals surface area contributed by atoms with Crippen LogP contribution in [0.2, 0.25) is 0 Å². The molecule has 5 nitrogen and oxygen atoms in total. The number of nitrogen functional groups attached to an aromatic ring is 1. The Labute approximate surface area is 113 Å². The minimum Gasteiger partial charge on any atom is -0.478 e. The van der Waals surface area contributed by atoms with Crippen LogP contribution in [0.1, 0.15) is 16.8 Å². The van der Waals surface area contributed by atoms with Crippen molar-refractivity contribution in [3.05, 3.63) is 23.8 Å². The molecule has 1 aliphatic heterocycles. The minimum atomic E-state index is -0.946. The van der Waals surface area contributed by atoms with E-state index in [0.29, 0.717) is 11.6 Å². The SMILES string of the molecule is CN1CCC(CN(C)c2ccc(C(=O)O)cc2N)C1. The number of carbonyl (C=O) groups is 1. The summed E-state index contributed by atoms with van der Waals surface area (Å²) in [6.07, 6.45) is 1.20. The van der Waals surface area contributed by atoms with Crippen LogP contribution in [0.5, 0.6) is 0 Å². The Bertz CT molecular complexity index is 476. The van der Waals surface area contributed by atoms with Gasteiger partial charge in [0.15, 0.2) is 0 Å². The third kappa shape index (κ3) is 3.17. The Morgan fingerprint density at radius 3 is 2.84 bits per heavy atom. The lowest BCUT2D eigenvalue weighted by atomic mass is 10.1. The van der Waals surface area contributed by atoms with Crippen LogP contribution in [0.4, 0.5) is 11.4 Å². The van der Waals surface area contributed by atoms with Gasteiger partial charge in [-0.05, 0) is 44.1 Å². The first-order chi connectivity index (χ1) is 8.97. The van der Waals surface area contributed by atoms with Crippen molar-refractivity contribution >= 4 is 17.3 Å². The fraction of sp³-hybridized carbons (Fsp3) is 0.500. The smallest absolute Gasteiger partial charge is 0.335 e. The van der Waals surface area contributed by atoms with E-state index in [0.717, 1.165) is 25.3 Å². The predicted molar refractivity (Wildman–Crippen MR) is 76.7 cm³/mol. The summed E-state index contributed by atoms with van der Waals surface area (Å²) in [4.78, 5) is 15.3. The van der Waals surface area contributed by atoms with Crippen LogP contribution in [0.3, 0.4) is 0 Å². The average Bonchev–Trinajstić information content (AvgIpc) is 2.74. The summed E-state index contributed by atoms with van der Waals surface area (Å²) >= 11 is 0. The average molecular weight is 263 g/mol. The van der Waals surface area contributed by atoms with Gasteiger partial charge in [-0.2, -0.15) is 0 Å². The molecule has 19 heavy (non-hydrogen) atoms. The van der Waals surface area contributed by atoms with Gasteiger partial charge in [-0.3, -0.25) is 0 Å². The lowest BCUT2D eigenvalue weighted by Gasteiger charge is -2.24. The number of carboxylic acid groups (broad SMARTS) is 1. The number of nitrogens with two attached hydrogens (primary N) is 1. The Morgan fingerprint density at radius 2 is 2.32 bits per heavy atom. The molecule has 0 aliphatic carbocycles. The van der Waals surface area contributed by atoms with Gasteiger partial charge in [0.1, 0.15) is 0 Å². The molecule has 2 rings (SSSR count). The number of hydrogen-bond acceptors (Lipinski definition) is 4. The van der Waals surface area contributed by atoms with Gasteiger partial charge in [-0.15, -0.1) is 0 Å². The van der Waals surface area contributed by atoms with Crippen molar-refractivity contribution in [2.75, 3.05) is 44.4 Å². The van der Waals surface area contributed by atoms with Gasteiger partial charge >= 0.3 is 5.97 Å². The van der Waals surface area contributed by atoms with Gasteiger partial charge in [-0.25, -0.2) is 4.79 Å². The highest BCUT2D eigenvalue weighted by molar-refractivity contribution is 5.90. The number of aromatic carboxylic acids is 1. The number of nitrogens with zero attached hydrogens (tertiary/aromatic N) is 2. The van der Waals surface area contributed by atoms with Gasteiger partial charge in [-0.1, -0.05) is 0 Å². The Balaban J connectivity index is 2.06. The minimum absolute atomic E-state index is 0.232. The van der Waals surface area contributed by atoms with Crippen LogP contribution < -0.4 is 10.6 Å². The van der Waals surface area contributed by atoms with E-state index in [-0.39, 0.29) is 5.56 Å². The predicted octanol–water partition coefficient (Wildman–Crippen LogP) is 1.35. The molecule has 0 aromatic heterocycles. The van der Waals surface area contributed by atoms with Crippen LogP contribution in [0.15, 0.2) is 18.2 Å². The fourth-order valence-corrected chi connectivity index (χ4v) is 2.70. The number of likely N-dealkylation sites (tertiary alicyclic amines) is 1. The molecular weight excluding hydrogens is 242 g/mol. The molecule has 1 fully saturated rings. The van der Waals surface area contributed by atoms with Gasteiger partial charge in [0.05, 0.1) is 16.9 Å². The zero-order chi connectivity index (χ0) is 14.0. The highest BCUT2D eigenvalue weighted by atomic mass is 16.4. The topological polar surface area (TPSA) is 69.8 Å². The van der Waals surface area contributed by atoms with Gasteiger partial charge in [0, 0.05) is 20.1 Å². The standard InChI is InChI=1S/C14H21N3O2/c1-16-6-5-10(8-16)9-17(2)13-4-3-11(14(18)19)7-12(13)15/h3-4,7,10H,5-6,8-9,15H2,1-2H3,(H,18,19). The van der Waals surface area contributed by atoms with Crippen LogP contribution >= 0.6 is 0 Å². The molecule has 1 heterocycles. The van der Waals surface area contributed by atoms with E-state index in [4.69, 9.17) is 10.8 Å². The highest BCUT2D eigenvalue weighted by Crippen LogP contribution is 2.25. The molecule has 1 aromatic carbocycles. The molecule has 0 amide bonds. The molecule has 5 heteroatoms. The number of hydrogen-bond donors (Lipinski definition) is 2. The van der Waals surface area contributed by atoms with Crippen molar-refractivity contribution in [3.63, 3.8) is 0 Å². The second kappa shape index (κ2) is 5.48. The maximum atomic E-state index is 10.9. The monoisotopic (exact) mass is 263 g/mol. The molecule has 1 aromatic rings. The molecule has 0 radical (unpaired) electrons. The van der Waals surface area contributed by atoms with Gasteiger partial charge in [0.25, 0.3) is 0 Å². The largest absolute Gasteiger partial charge is 0.478 e. The highest BCUT2D eigenvalue weighted by Gasteiger charge is 2.21. The van der Waals surface area contributed by atoms with Crippen molar-refractivity contribution in [1.29, 1.82) is 0 Å². The van der Waals surface area contributed by atoms with E-state index >= 15 is 0 Å². The number of benzene rings is 1. The second-order valence-corrected chi connectivity index (χ2v) is 5.38. The Kier molecular flexibility index (Phi) is 3.95. The van der Waals surface area contributed by atoms with Gasteiger partial charge < -0.3 is 20.6 Å². The fourth-order valence-electron chi connectivity index (χ4n) is 2.70. The van der Waals surface area contributed by atoms with Crippen LogP contribution in [-0.2, 0) is 0 Å². The second-order valence-electron chi connectivity index (χ2n) is 5.38. The maximum absolute atomic E-state index is 10.9. The van der Waals surface area contributed by atoms with Crippen molar-refractivity contribution < 1.29 is 9.90 Å². The number of carboxylic acids is 1. The molecule has 3 N–H and O–H groups in total. The van der Waals surface area contributed by atoms with Gasteiger partial charge in [0.2, 0.25) is 0 Å². The van der Waals surface area contributed by atoms with E-state index in [2.05, 4.69) is 16.8 Å². The van der Waals surface area contributed by atoms with E-state index in [1.165, 1.54) is 12.5 Å². The van der Waals surface area contributed by atoms with E-state index in [1.54, 1.807) is 12.1 Å². The summed E-state index contributed by atoms with van der Waals surface area (Å²) in [5.74, 6) is -0.299. The first-order valence-corrected chi connectivity index (χ1v) is 6.50. The first kappa shape index (κ1) is 13.7. The number of anilines is 2. The number of rotatable bonds is 4. The molecule has 1 unspecified atom stereocenters. The van der Waals surface area contributed by atoms with Crippen molar-refractivity contribution in [1.82, 2.24) is 4.90 Å². The summed E-state index contributed by atoms with van der Waals surface area (Å²) in [6.45, 7) is 3.20. The molecule has 1 atom stereocenters. The van der Waals surface area contributed by atoms with E-state index in [9.17, 15) is 4.79 Å². The van der Waals surface area contributed by atoms with Crippen LogP contribution in [0, 0.1) is 5.92 Å². The maximum Gasteiger partial charge on any atom is 0.335 e. The molecule has 1 aliphatic rings. The first-order valence-electron chi connectivity index (χ1n) is 6.50. The summed E-state index contributed by atoms with van der Waals surface area (Å²) in [6, 6.07) is 4.91. The Morgan fingerprint density at radius 1 is 1.58 bits per heavy atom. The lowest BCUT2D eigenvalue weighted by molar-refractivity contribution is 0.0697. The lowest BCUT2D eigenvalue weighted by Crippen LogP contribution is -2.27. The molecule has 0 bridgehead atoms. The zero-order valence-electron chi connectivity index (χ0n) is 11.5. The molecule has 0 spiro atoms. The Hall–Kier alpha value is -1.75. The van der Waals surface area contributed by atoms with Crippen molar-refractivity contribution in [3.8, 4) is 0 Å². The third-order valence-corrected chi connectivity index (χ3v) is 3.71. The summed E-state index contributed by atoms with van der Waals surface area (Å²) in [5, 5.41) is 8.92. The molecule has 1 saturated heterocycles. The summed E-state index contributed by atoms with van der Waals surface area (Å²) in [5.41, 5.74) is 7.60. The van der Waals surface area contributed by atoms with Crippen LogP contribution in [0.25, 0.3) is 0 Å². The quantitative estimate of drug-likeness (QED) is 0.803. The van der Waals surface area contributed by atoms with Crippen molar-refractivity contribution in [2.24, 2.45) is 5.92 Å². The third-order valence-electron chi connectivity index (χ3n) is 3.71. The van der Waals surface area contributed by atoms with E-state index < -0.39 is 5.97 Å².